The average Bonchev–Trinajstić information content (AvgIpc) is 3.06. The number of nitrogens with one attached hydrogen (secondary N) is 1. The molecular weight excluding hydrogens is 450 g/mol. The van der Waals surface area contributed by atoms with Crippen molar-refractivity contribution in [3.8, 4) is 0 Å². The Labute approximate surface area is 186 Å². The van der Waals surface area contributed by atoms with Crippen molar-refractivity contribution < 1.29 is 5.11 Å². The summed E-state index contributed by atoms with van der Waals surface area (Å²) in [7, 11) is 0. The van der Waals surface area contributed by atoms with Gasteiger partial charge in [-0.1, -0.05) is 37.6 Å². The van der Waals surface area contributed by atoms with E-state index in [1.54, 1.807) is 0 Å². The lowest BCUT2D eigenvalue weighted by atomic mass is 9.93. The third-order valence-corrected chi connectivity index (χ3v) is 6.42. The van der Waals surface area contributed by atoms with Crippen LogP contribution in [0.1, 0.15) is 56.6 Å². The lowest BCUT2D eigenvalue weighted by Crippen LogP contribution is -2.07. The van der Waals surface area contributed by atoms with Crippen molar-refractivity contribution in [2.24, 2.45) is 0 Å². The minimum atomic E-state index is 0.194. The van der Waals surface area contributed by atoms with E-state index in [-0.39, 0.29) is 6.61 Å². The van der Waals surface area contributed by atoms with Crippen LogP contribution >= 0.6 is 27.5 Å². The molecule has 0 fully saturated rings. The molecule has 3 aromatic rings. The highest BCUT2D eigenvalue weighted by Gasteiger charge is 2.20. The number of fused-ring (bicyclic) bond motifs is 1. The first-order valence-electron chi connectivity index (χ1n) is 10.3. The predicted molar refractivity (Wildman–Crippen MR) is 127 cm³/mol. The molecule has 0 bridgehead atoms. The van der Waals surface area contributed by atoms with Crippen molar-refractivity contribution in [3.05, 3.63) is 51.0 Å². The van der Waals surface area contributed by atoms with Gasteiger partial charge in [-0.2, -0.15) is 0 Å². The molecule has 0 aliphatic heterocycles. The molecule has 1 heterocycles. The molecule has 0 spiro atoms. The summed E-state index contributed by atoms with van der Waals surface area (Å²) in [4.78, 5) is 4.90. The molecule has 0 saturated carbocycles. The molecule has 0 saturated heterocycles. The first kappa shape index (κ1) is 22.1. The molecule has 0 amide bonds. The Bertz CT molecular complexity index is 982. The molecule has 0 aliphatic rings. The first-order valence-corrected chi connectivity index (χ1v) is 11.5. The van der Waals surface area contributed by atoms with E-state index in [4.69, 9.17) is 16.6 Å². The zero-order valence-electron chi connectivity index (χ0n) is 17.3. The largest absolute Gasteiger partial charge is 0.396 e. The van der Waals surface area contributed by atoms with E-state index >= 15 is 0 Å². The molecule has 0 radical (unpaired) electrons. The molecule has 156 valence electrons. The number of rotatable bonds is 9. The summed E-state index contributed by atoms with van der Waals surface area (Å²) in [5.41, 5.74) is 5.40. The highest BCUT2D eigenvalue weighted by molar-refractivity contribution is 9.10. The van der Waals surface area contributed by atoms with Crippen molar-refractivity contribution in [1.82, 2.24) is 9.55 Å². The fourth-order valence-electron chi connectivity index (χ4n) is 3.83. The van der Waals surface area contributed by atoms with E-state index in [1.165, 1.54) is 11.1 Å². The van der Waals surface area contributed by atoms with Crippen LogP contribution in [0, 0.1) is 6.92 Å². The summed E-state index contributed by atoms with van der Waals surface area (Å²) in [5, 5.41) is 13.4. The second-order valence-corrected chi connectivity index (χ2v) is 8.73. The average molecular weight is 479 g/mol. The number of aromatic nitrogens is 2. The van der Waals surface area contributed by atoms with Crippen molar-refractivity contribution >= 4 is 50.2 Å². The highest BCUT2D eigenvalue weighted by atomic mass is 79.9. The topological polar surface area (TPSA) is 50.1 Å². The highest BCUT2D eigenvalue weighted by Crippen LogP contribution is 2.37. The summed E-state index contributed by atoms with van der Waals surface area (Å²) >= 11 is 10.2. The SMILES string of the molecule is CCC(CC)c1ccc(Cl)c2nc(Nc3ccc(C)cc3Br)n(CCCCO)c12. The maximum Gasteiger partial charge on any atom is 0.208 e. The standard InChI is InChI=1S/C23H29BrClN3O/c1-4-16(5-2)17-9-10-19(25)21-22(17)28(12-6-7-13-29)23(27-21)26-20-11-8-15(3)14-18(20)24/h8-11,14,16,29H,4-7,12-13H2,1-3H3,(H,26,27). The minimum Gasteiger partial charge on any atom is -0.396 e. The van der Waals surface area contributed by atoms with Gasteiger partial charge in [0.25, 0.3) is 0 Å². The summed E-state index contributed by atoms with van der Waals surface area (Å²) in [5.74, 6) is 1.24. The number of benzene rings is 2. The predicted octanol–water partition coefficient (Wildman–Crippen LogP) is 7.18. The van der Waals surface area contributed by atoms with Crippen LogP contribution in [0.25, 0.3) is 11.0 Å². The number of aliphatic hydroxyl groups excluding tert-OH is 1. The number of hydrogen-bond acceptors (Lipinski definition) is 3. The van der Waals surface area contributed by atoms with Crippen molar-refractivity contribution in [2.75, 3.05) is 11.9 Å². The number of aryl methyl sites for hydroxylation is 2. The summed E-state index contributed by atoms with van der Waals surface area (Å²) in [6.07, 6.45) is 3.78. The molecule has 0 unspecified atom stereocenters. The Kier molecular flexibility index (Phi) is 7.60. The van der Waals surface area contributed by atoms with Crippen LogP contribution in [-0.2, 0) is 6.54 Å². The number of aliphatic hydroxyl groups is 1. The molecule has 4 nitrogen and oxygen atoms in total. The van der Waals surface area contributed by atoms with E-state index in [1.807, 2.05) is 6.07 Å². The minimum absolute atomic E-state index is 0.194. The molecule has 29 heavy (non-hydrogen) atoms. The van der Waals surface area contributed by atoms with Gasteiger partial charge in [-0.05, 0) is 83.8 Å². The Morgan fingerprint density at radius 2 is 1.93 bits per heavy atom. The van der Waals surface area contributed by atoms with Crippen LogP contribution in [0.3, 0.4) is 0 Å². The van der Waals surface area contributed by atoms with Gasteiger partial charge in [0.2, 0.25) is 5.95 Å². The van der Waals surface area contributed by atoms with Crippen LogP contribution in [-0.4, -0.2) is 21.3 Å². The smallest absolute Gasteiger partial charge is 0.208 e. The summed E-state index contributed by atoms with van der Waals surface area (Å²) < 4.78 is 3.23. The molecule has 2 aromatic carbocycles. The van der Waals surface area contributed by atoms with E-state index < -0.39 is 0 Å². The van der Waals surface area contributed by atoms with Crippen LogP contribution in [0.5, 0.6) is 0 Å². The van der Waals surface area contributed by atoms with Gasteiger partial charge in [-0.15, -0.1) is 0 Å². The Balaban J connectivity index is 2.16. The van der Waals surface area contributed by atoms with Crippen molar-refractivity contribution in [2.45, 2.75) is 58.9 Å². The fraction of sp³-hybridized carbons (Fsp3) is 0.435. The van der Waals surface area contributed by atoms with E-state index in [0.29, 0.717) is 10.9 Å². The zero-order chi connectivity index (χ0) is 21.0. The number of anilines is 2. The van der Waals surface area contributed by atoms with Gasteiger partial charge in [0.1, 0.15) is 5.52 Å². The number of hydrogen-bond donors (Lipinski definition) is 2. The molecule has 0 atom stereocenters. The van der Waals surface area contributed by atoms with E-state index in [2.05, 4.69) is 70.9 Å². The Hall–Kier alpha value is -1.56. The van der Waals surface area contributed by atoms with Gasteiger partial charge in [0, 0.05) is 17.6 Å². The van der Waals surface area contributed by atoms with Crippen LogP contribution in [0.4, 0.5) is 11.6 Å². The summed E-state index contributed by atoms with van der Waals surface area (Å²) in [6.45, 7) is 7.49. The monoisotopic (exact) mass is 477 g/mol. The number of imidazole rings is 1. The Morgan fingerprint density at radius 3 is 2.59 bits per heavy atom. The second-order valence-electron chi connectivity index (χ2n) is 7.47. The van der Waals surface area contributed by atoms with Gasteiger partial charge < -0.3 is 15.0 Å². The maximum absolute atomic E-state index is 9.27. The second kappa shape index (κ2) is 9.96. The maximum atomic E-state index is 9.27. The van der Waals surface area contributed by atoms with Crippen LogP contribution in [0.2, 0.25) is 5.02 Å². The molecule has 3 rings (SSSR count). The van der Waals surface area contributed by atoms with Crippen molar-refractivity contribution in [3.63, 3.8) is 0 Å². The first-order chi connectivity index (χ1) is 14.0. The molecular formula is C23H29BrClN3O. The Morgan fingerprint density at radius 1 is 1.17 bits per heavy atom. The molecule has 6 heteroatoms. The molecule has 1 aromatic heterocycles. The van der Waals surface area contributed by atoms with Crippen LogP contribution in [0.15, 0.2) is 34.8 Å². The lowest BCUT2D eigenvalue weighted by Gasteiger charge is -2.18. The fourth-order valence-corrected chi connectivity index (χ4v) is 4.61. The third-order valence-electron chi connectivity index (χ3n) is 5.46. The summed E-state index contributed by atoms with van der Waals surface area (Å²) in [6, 6.07) is 10.3. The van der Waals surface area contributed by atoms with E-state index in [0.717, 1.165) is 59.4 Å². The van der Waals surface area contributed by atoms with Gasteiger partial charge in [0.15, 0.2) is 0 Å². The van der Waals surface area contributed by atoms with E-state index in [9.17, 15) is 5.11 Å². The van der Waals surface area contributed by atoms with Gasteiger partial charge in [-0.25, -0.2) is 4.98 Å². The van der Waals surface area contributed by atoms with Crippen LogP contribution < -0.4 is 5.32 Å². The number of unbranched alkanes of at least 4 members (excludes halogenated alkanes) is 1. The quantitative estimate of drug-likeness (QED) is 0.320. The third kappa shape index (κ3) is 4.79. The van der Waals surface area contributed by atoms with Gasteiger partial charge in [0.05, 0.1) is 16.2 Å². The van der Waals surface area contributed by atoms with Crippen molar-refractivity contribution in [1.29, 1.82) is 0 Å². The number of nitrogens with zero attached hydrogens (tertiary/aromatic N) is 2. The molecule has 2 N–H and O–H groups in total. The zero-order valence-corrected chi connectivity index (χ0v) is 19.6. The number of halogens is 2. The van der Waals surface area contributed by atoms with Gasteiger partial charge in [-0.3, -0.25) is 0 Å². The molecule has 0 aliphatic carbocycles. The lowest BCUT2D eigenvalue weighted by molar-refractivity contribution is 0.281. The normalized spacial score (nSPS) is 11.6. The van der Waals surface area contributed by atoms with Gasteiger partial charge >= 0.3 is 0 Å².